The molecule has 6 rings (SSSR count). The van der Waals surface area contributed by atoms with Crippen molar-refractivity contribution < 1.29 is 60.2 Å². The van der Waals surface area contributed by atoms with Gasteiger partial charge in [-0.15, -0.1) is 0 Å². The molecular formula is C46H55F6N7O7. The van der Waals surface area contributed by atoms with Crippen molar-refractivity contribution in [3.63, 3.8) is 0 Å². The fourth-order valence-electron chi connectivity index (χ4n) is 7.73. The van der Waals surface area contributed by atoms with Gasteiger partial charge in [-0.3, -0.25) is 14.4 Å². The minimum atomic E-state index is -5.08. The molecule has 0 spiro atoms. The van der Waals surface area contributed by atoms with Crippen LogP contribution in [0.1, 0.15) is 86.6 Å². The number of carbonyl (C=O) groups excluding carboxylic acids is 4. The summed E-state index contributed by atoms with van der Waals surface area (Å²) in [6.07, 6.45) is -5.68. The summed E-state index contributed by atoms with van der Waals surface area (Å²) in [5.74, 6) is -4.94. The number of ether oxygens (including phenoxy) is 1. The van der Waals surface area contributed by atoms with Gasteiger partial charge >= 0.3 is 24.4 Å². The number of halogens is 6. The number of aromatic amines is 1. The number of aliphatic carboxylic acids is 1. The molecule has 6 N–H and O–H groups in total. The number of benzene rings is 3. The Balaban J connectivity index is 0.00000108. The molecule has 2 heterocycles. The van der Waals surface area contributed by atoms with Crippen LogP contribution in [0.25, 0.3) is 22.2 Å². The van der Waals surface area contributed by atoms with Crippen molar-refractivity contribution in [2.45, 2.75) is 103 Å². The lowest BCUT2D eigenvalue weighted by atomic mass is 9.81. The summed E-state index contributed by atoms with van der Waals surface area (Å²) in [5.41, 5.74) is 4.02. The Labute approximate surface area is 377 Å². The number of aromatic nitrogens is 2. The van der Waals surface area contributed by atoms with Gasteiger partial charge < -0.3 is 41.0 Å². The zero-order chi connectivity index (χ0) is 48.6. The number of imidazole rings is 1. The highest BCUT2D eigenvalue weighted by Gasteiger charge is 2.38. The smallest absolute Gasteiger partial charge is 0.475 e. The SMILES string of the molecule is Cc1cc(C(=O)NC2CCN(C)CC2)ccc1-c1ccc(C[C@H](NC(=O)C2CCC(CNC(=O)OC(C)(C)C)CC2)C(=O)Nc2ccc3nc(C(F)(F)F)[nH]c3c2)cc1.O=C(O)C(F)(F)F. The molecule has 0 bridgehead atoms. The molecule has 66 heavy (non-hydrogen) atoms. The van der Waals surface area contributed by atoms with Gasteiger partial charge in [0.1, 0.15) is 11.6 Å². The third-order valence-corrected chi connectivity index (χ3v) is 11.3. The van der Waals surface area contributed by atoms with E-state index in [0.717, 1.165) is 48.2 Å². The number of rotatable bonds is 11. The number of likely N-dealkylation sites (tertiary alicyclic amines) is 1. The van der Waals surface area contributed by atoms with Gasteiger partial charge in [-0.05, 0) is 145 Å². The van der Waals surface area contributed by atoms with Crippen LogP contribution in [0.3, 0.4) is 0 Å². The number of fused-ring (bicyclic) bond motifs is 1. The van der Waals surface area contributed by atoms with E-state index in [-0.39, 0.29) is 52.8 Å². The van der Waals surface area contributed by atoms with Crippen LogP contribution in [0.2, 0.25) is 0 Å². The molecule has 4 aromatic rings. The molecule has 1 saturated heterocycles. The quantitative estimate of drug-likeness (QED) is 0.0808. The van der Waals surface area contributed by atoms with Crippen LogP contribution in [-0.2, 0) is 31.7 Å². The minimum Gasteiger partial charge on any atom is -0.475 e. The molecule has 20 heteroatoms. The molecule has 3 aromatic carbocycles. The van der Waals surface area contributed by atoms with Gasteiger partial charge in [0.05, 0.1) is 11.0 Å². The summed E-state index contributed by atoms with van der Waals surface area (Å²) >= 11 is 0. The molecule has 0 unspecified atom stereocenters. The van der Waals surface area contributed by atoms with Crippen molar-refractivity contribution in [1.29, 1.82) is 0 Å². The Hall–Kier alpha value is -6.18. The maximum atomic E-state index is 13.9. The van der Waals surface area contributed by atoms with Crippen LogP contribution < -0.4 is 21.3 Å². The molecule has 0 radical (unpaired) electrons. The molecule has 14 nitrogen and oxygen atoms in total. The Morgan fingerprint density at radius 3 is 2.09 bits per heavy atom. The summed E-state index contributed by atoms with van der Waals surface area (Å²) in [6.45, 7) is 9.69. The fourth-order valence-corrected chi connectivity index (χ4v) is 7.73. The van der Waals surface area contributed by atoms with Crippen molar-refractivity contribution in [2.24, 2.45) is 11.8 Å². The standard InChI is InChI=1S/C44H54F3N7O5.C2HF3O2/c1-26-22-31(39(56)49-32-18-20-54(5)21-19-32)14-16-34(26)29-10-6-27(7-11-29)23-37(40(57)50-33-15-17-35-36(24-33)53-41(52-35)44(45,46)47)51-38(55)30-12-8-28(9-13-30)25-48-42(58)59-43(2,3)4;3-2(4,5)1(6)7/h6-7,10-11,14-17,22,24,28,30,32,37H,8-9,12-13,18-21,23,25H2,1-5H3,(H,48,58)(H,49,56)(H,50,57)(H,51,55)(H,52,53);(H,6,7)/t28?,30?,37-;/m0./s1. The van der Waals surface area contributed by atoms with E-state index >= 15 is 0 Å². The third kappa shape index (κ3) is 14.9. The molecule has 1 aromatic heterocycles. The second kappa shape index (κ2) is 21.4. The van der Waals surface area contributed by atoms with E-state index in [1.54, 1.807) is 20.8 Å². The molecule has 358 valence electrons. The number of nitrogens with zero attached hydrogens (tertiary/aromatic N) is 2. The van der Waals surface area contributed by atoms with Gasteiger partial charge in [-0.2, -0.15) is 26.3 Å². The highest BCUT2D eigenvalue weighted by Crippen LogP contribution is 2.31. The first kappa shape index (κ1) is 50.8. The second-order valence-corrected chi connectivity index (χ2v) is 17.8. The van der Waals surface area contributed by atoms with Crippen LogP contribution in [0.5, 0.6) is 0 Å². The lowest BCUT2D eigenvalue weighted by Crippen LogP contribution is -2.48. The molecule has 1 aliphatic carbocycles. The molecule has 1 saturated carbocycles. The maximum absolute atomic E-state index is 13.9. The van der Waals surface area contributed by atoms with E-state index in [1.165, 1.54) is 18.2 Å². The number of alkyl carbamates (subject to hydrolysis) is 1. The Morgan fingerprint density at radius 2 is 1.52 bits per heavy atom. The molecule has 2 aliphatic rings. The first-order valence-corrected chi connectivity index (χ1v) is 21.5. The normalized spacial score (nSPS) is 17.7. The number of amides is 4. The Kier molecular flexibility index (Phi) is 16.5. The van der Waals surface area contributed by atoms with Crippen LogP contribution in [-0.4, -0.2) is 100 Å². The summed E-state index contributed by atoms with van der Waals surface area (Å²) < 4.78 is 77.0. The van der Waals surface area contributed by atoms with Crippen molar-refractivity contribution in [3.8, 4) is 11.1 Å². The first-order valence-electron chi connectivity index (χ1n) is 21.5. The number of nitrogens with one attached hydrogen (secondary N) is 5. The van der Waals surface area contributed by atoms with E-state index in [2.05, 4.69) is 43.2 Å². The lowest BCUT2D eigenvalue weighted by Gasteiger charge is -2.29. The average Bonchev–Trinajstić information content (AvgIpc) is 3.68. The Morgan fingerprint density at radius 1 is 0.879 bits per heavy atom. The van der Waals surface area contributed by atoms with Crippen molar-refractivity contribution in [2.75, 3.05) is 32.0 Å². The van der Waals surface area contributed by atoms with Crippen LogP contribution in [0.4, 0.5) is 36.8 Å². The number of carbonyl (C=O) groups is 5. The fraction of sp³-hybridized carbons (Fsp3) is 0.478. The van der Waals surface area contributed by atoms with E-state index in [9.17, 15) is 45.5 Å². The minimum absolute atomic E-state index is 0.0882. The van der Waals surface area contributed by atoms with Crippen LogP contribution >= 0.6 is 0 Å². The maximum Gasteiger partial charge on any atom is 0.490 e. The van der Waals surface area contributed by atoms with Gasteiger partial charge in [0.2, 0.25) is 17.6 Å². The van der Waals surface area contributed by atoms with Crippen LogP contribution in [0, 0.1) is 18.8 Å². The number of piperidine rings is 1. The summed E-state index contributed by atoms with van der Waals surface area (Å²) in [6, 6.07) is 16.7. The van der Waals surface area contributed by atoms with Gasteiger partial charge in [0.15, 0.2) is 0 Å². The van der Waals surface area contributed by atoms with E-state index in [1.807, 2.05) is 49.4 Å². The zero-order valence-electron chi connectivity index (χ0n) is 37.2. The number of carboxylic acids is 1. The number of alkyl halides is 6. The lowest BCUT2D eigenvalue weighted by molar-refractivity contribution is -0.192. The van der Waals surface area contributed by atoms with Gasteiger partial charge in [-0.1, -0.05) is 30.3 Å². The summed E-state index contributed by atoms with van der Waals surface area (Å²) in [4.78, 5) is 69.8. The molecule has 4 amide bonds. The van der Waals surface area contributed by atoms with E-state index < -0.39 is 47.8 Å². The number of H-pyrrole nitrogens is 1. The largest absolute Gasteiger partial charge is 0.490 e. The average molecular weight is 932 g/mol. The first-order chi connectivity index (χ1) is 30.8. The van der Waals surface area contributed by atoms with Crippen molar-refractivity contribution in [1.82, 2.24) is 30.8 Å². The van der Waals surface area contributed by atoms with Crippen molar-refractivity contribution >= 4 is 46.5 Å². The topological polar surface area (TPSA) is 195 Å². The van der Waals surface area contributed by atoms with Crippen molar-refractivity contribution in [3.05, 3.63) is 83.2 Å². The third-order valence-electron chi connectivity index (χ3n) is 11.3. The molecule has 2 fully saturated rings. The number of anilines is 1. The second-order valence-electron chi connectivity index (χ2n) is 17.8. The number of aryl methyl sites for hydroxylation is 1. The van der Waals surface area contributed by atoms with E-state index in [4.69, 9.17) is 14.6 Å². The monoisotopic (exact) mass is 931 g/mol. The Bertz CT molecular complexity index is 2350. The van der Waals surface area contributed by atoms with Gasteiger partial charge in [-0.25, -0.2) is 14.6 Å². The molecule has 1 atom stereocenters. The predicted molar refractivity (Wildman–Crippen MR) is 233 cm³/mol. The van der Waals surface area contributed by atoms with E-state index in [0.29, 0.717) is 37.8 Å². The predicted octanol–water partition coefficient (Wildman–Crippen LogP) is 8.01. The number of hydrogen-bond donors (Lipinski definition) is 6. The van der Waals surface area contributed by atoms with Gasteiger partial charge in [0, 0.05) is 36.2 Å². The summed E-state index contributed by atoms with van der Waals surface area (Å²) in [7, 11) is 2.08. The zero-order valence-corrected chi connectivity index (χ0v) is 37.2. The number of carboxylic acid groups (broad SMARTS) is 1. The highest BCUT2D eigenvalue weighted by molar-refractivity contribution is 5.99. The highest BCUT2D eigenvalue weighted by atomic mass is 19.4. The molecular weight excluding hydrogens is 877 g/mol. The number of hydrogen-bond acceptors (Lipinski definition) is 8. The summed E-state index contributed by atoms with van der Waals surface area (Å²) in [5, 5.41) is 18.8. The molecule has 1 aliphatic heterocycles. The van der Waals surface area contributed by atoms with Crippen LogP contribution in [0.15, 0.2) is 60.7 Å². The van der Waals surface area contributed by atoms with Gasteiger partial charge in [0.25, 0.3) is 5.91 Å².